The highest BCUT2D eigenvalue weighted by Gasteiger charge is 2.26. The summed E-state index contributed by atoms with van der Waals surface area (Å²) in [6.45, 7) is 2.51. The maximum Gasteiger partial charge on any atom is 0.250 e. The van der Waals surface area contributed by atoms with Gasteiger partial charge in [-0.3, -0.25) is 4.79 Å². The standard InChI is InChI=1S/C6H11NO2S/c1-4(10)7-6(8)5-2-3-9-5/h4-5,10H,2-3H2,1H3,(H,7,8). The monoisotopic (exact) mass is 161 g/mol. The summed E-state index contributed by atoms with van der Waals surface area (Å²) in [6.07, 6.45) is 0.626. The minimum absolute atomic E-state index is 0.0475. The second-order valence-electron chi connectivity index (χ2n) is 2.33. The van der Waals surface area contributed by atoms with E-state index in [9.17, 15) is 4.79 Å². The fraction of sp³-hybridized carbons (Fsp3) is 0.833. The number of carbonyl (C=O) groups is 1. The van der Waals surface area contributed by atoms with Crippen molar-refractivity contribution in [2.24, 2.45) is 0 Å². The van der Waals surface area contributed by atoms with E-state index in [1.807, 2.05) is 0 Å². The van der Waals surface area contributed by atoms with Gasteiger partial charge in [-0.1, -0.05) is 0 Å². The lowest BCUT2D eigenvalue weighted by Gasteiger charge is -2.25. The molecule has 1 heterocycles. The molecule has 0 aromatic rings. The Labute approximate surface area is 65.5 Å². The van der Waals surface area contributed by atoms with Gasteiger partial charge in [0.15, 0.2) is 0 Å². The molecule has 0 bridgehead atoms. The van der Waals surface area contributed by atoms with Crippen molar-refractivity contribution in [1.82, 2.24) is 5.32 Å². The topological polar surface area (TPSA) is 38.3 Å². The molecule has 1 rings (SSSR count). The fourth-order valence-corrected chi connectivity index (χ4v) is 0.869. The molecule has 3 nitrogen and oxygen atoms in total. The first-order chi connectivity index (χ1) is 4.70. The smallest absolute Gasteiger partial charge is 0.250 e. The van der Waals surface area contributed by atoms with Crippen LogP contribution < -0.4 is 5.32 Å². The number of hydrogen-bond donors (Lipinski definition) is 2. The van der Waals surface area contributed by atoms with Crippen molar-refractivity contribution in [2.45, 2.75) is 24.8 Å². The van der Waals surface area contributed by atoms with Crippen LogP contribution in [0.2, 0.25) is 0 Å². The molecule has 1 aliphatic rings. The van der Waals surface area contributed by atoms with Gasteiger partial charge in [0.2, 0.25) is 5.91 Å². The van der Waals surface area contributed by atoms with Crippen LogP contribution in [0.15, 0.2) is 0 Å². The summed E-state index contributed by atoms with van der Waals surface area (Å²) in [5.41, 5.74) is 0. The van der Waals surface area contributed by atoms with Crippen LogP contribution in [0, 0.1) is 0 Å². The molecular weight excluding hydrogens is 150 g/mol. The van der Waals surface area contributed by atoms with Gasteiger partial charge in [-0.2, -0.15) is 12.6 Å². The third kappa shape index (κ3) is 1.88. The molecule has 0 spiro atoms. The van der Waals surface area contributed by atoms with E-state index in [1.165, 1.54) is 0 Å². The van der Waals surface area contributed by atoms with E-state index >= 15 is 0 Å². The van der Waals surface area contributed by atoms with Gasteiger partial charge in [0.1, 0.15) is 6.10 Å². The molecule has 1 N–H and O–H groups in total. The maximum absolute atomic E-state index is 11.0. The molecule has 0 aromatic carbocycles. The van der Waals surface area contributed by atoms with Crippen LogP contribution in [0.3, 0.4) is 0 Å². The highest BCUT2D eigenvalue weighted by atomic mass is 32.1. The molecule has 1 aliphatic heterocycles. The third-order valence-electron chi connectivity index (χ3n) is 1.34. The zero-order valence-corrected chi connectivity index (χ0v) is 6.73. The van der Waals surface area contributed by atoms with E-state index in [4.69, 9.17) is 4.74 Å². The van der Waals surface area contributed by atoms with Gasteiger partial charge in [0, 0.05) is 6.42 Å². The first-order valence-electron chi connectivity index (χ1n) is 3.30. The Morgan fingerprint density at radius 1 is 1.90 bits per heavy atom. The highest BCUT2D eigenvalue weighted by Crippen LogP contribution is 2.10. The van der Waals surface area contributed by atoms with Crippen LogP contribution >= 0.6 is 12.6 Å². The van der Waals surface area contributed by atoms with Gasteiger partial charge >= 0.3 is 0 Å². The first-order valence-corrected chi connectivity index (χ1v) is 3.82. The Morgan fingerprint density at radius 2 is 2.50 bits per heavy atom. The molecule has 1 fully saturated rings. The molecule has 1 amide bonds. The maximum atomic E-state index is 11.0. The Balaban J connectivity index is 2.20. The number of amides is 1. The van der Waals surface area contributed by atoms with Crippen molar-refractivity contribution in [3.05, 3.63) is 0 Å². The average molecular weight is 161 g/mol. The molecule has 1 saturated heterocycles. The van der Waals surface area contributed by atoms with Gasteiger partial charge in [-0.25, -0.2) is 0 Å². The summed E-state index contributed by atoms with van der Waals surface area (Å²) in [7, 11) is 0. The summed E-state index contributed by atoms with van der Waals surface area (Å²) >= 11 is 4.01. The number of ether oxygens (including phenoxy) is 1. The summed E-state index contributed by atoms with van der Waals surface area (Å²) in [4.78, 5) is 11.0. The number of hydrogen-bond acceptors (Lipinski definition) is 3. The van der Waals surface area contributed by atoms with E-state index in [2.05, 4.69) is 17.9 Å². The van der Waals surface area contributed by atoms with E-state index in [0.29, 0.717) is 6.61 Å². The summed E-state index contributed by atoms with van der Waals surface area (Å²) in [5.74, 6) is -0.0475. The van der Waals surface area contributed by atoms with E-state index in [-0.39, 0.29) is 17.4 Å². The lowest BCUT2D eigenvalue weighted by Crippen LogP contribution is -2.44. The fourth-order valence-electron chi connectivity index (χ4n) is 0.741. The number of nitrogens with one attached hydrogen (secondary N) is 1. The van der Waals surface area contributed by atoms with Crippen molar-refractivity contribution in [1.29, 1.82) is 0 Å². The second-order valence-corrected chi connectivity index (χ2v) is 3.11. The number of rotatable bonds is 2. The molecule has 4 heteroatoms. The van der Waals surface area contributed by atoms with E-state index < -0.39 is 0 Å². The van der Waals surface area contributed by atoms with E-state index in [0.717, 1.165) is 6.42 Å². The first kappa shape index (κ1) is 7.88. The predicted molar refractivity (Wildman–Crippen MR) is 40.9 cm³/mol. The summed E-state index contributed by atoms with van der Waals surface area (Å²) in [6, 6.07) is 0. The Kier molecular flexibility index (Phi) is 2.56. The van der Waals surface area contributed by atoms with Crippen LogP contribution in [-0.4, -0.2) is 24.0 Å². The average Bonchev–Trinajstić information content (AvgIpc) is 1.55. The molecule has 2 unspecified atom stereocenters. The third-order valence-corrected chi connectivity index (χ3v) is 1.47. The van der Waals surface area contributed by atoms with Crippen LogP contribution in [0.1, 0.15) is 13.3 Å². The van der Waals surface area contributed by atoms with Crippen molar-refractivity contribution in [2.75, 3.05) is 6.61 Å². The second kappa shape index (κ2) is 3.25. The van der Waals surface area contributed by atoms with Crippen LogP contribution in [0.25, 0.3) is 0 Å². The molecule has 58 valence electrons. The Morgan fingerprint density at radius 3 is 2.80 bits per heavy atom. The zero-order chi connectivity index (χ0) is 7.56. The van der Waals surface area contributed by atoms with E-state index in [1.54, 1.807) is 6.92 Å². The van der Waals surface area contributed by atoms with Crippen molar-refractivity contribution >= 4 is 18.5 Å². The quantitative estimate of drug-likeness (QED) is 0.447. The Hall–Kier alpha value is -0.220. The van der Waals surface area contributed by atoms with Crippen LogP contribution in [0.5, 0.6) is 0 Å². The van der Waals surface area contributed by atoms with Crippen LogP contribution in [0.4, 0.5) is 0 Å². The lowest BCUT2D eigenvalue weighted by atomic mass is 10.2. The minimum atomic E-state index is -0.213. The lowest BCUT2D eigenvalue weighted by molar-refractivity contribution is -0.145. The number of thiol groups is 1. The van der Waals surface area contributed by atoms with Crippen molar-refractivity contribution in [3.63, 3.8) is 0 Å². The minimum Gasteiger partial charge on any atom is -0.368 e. The zero-order valence-electron chi connectivity index (χ0n) is 5.83. The van der Waals surface area contributed by atoms with Gasteiger partial charge in [0.25, 0.3) is 0 Å². The molecular formula is C6H11NO2S. The van der Waals surface area contributed by atoms with Gasteiger partial charge in [-0.05, 0) is 6.92 Å². The summed E-state index contributed by atoms with van der Waals surface area (Å²) in [5, 5.41) is 2.56. The van der Waals surface area contributed by atoms with Crippen LogP contribution in [-0.2, 0) is 9.53 Å². The molecule has 2 atom stereocenters. The van der Waals surface area contributed by atoms with Crippen molar-refractivity contribution in [3.8, 4) is 0 Å². The SMILES string of the molecule is CC(S)NC(=O)C1CCO1. The molecule has 0 aromatic heterocycles. The Bertz CT molecular complexity index is 134. The largest absolute Gasteiger partial charge is 0.368 e. The van der Waals surface area contributed by atoms with Crippen molar-refractivity contribution < 1.29 is 9.53 Å². The molecule has 0 aliphatic carbocycles. The molecule has 0 saturated carbocycles. The summed E-state index contributed by atoms with van der Waals surface area (Å²) < 4.78 is 4.95. The molecule has 10 heavy (non-hydrogen) atoms. The van der Waals surface area contributed by atoms with Gasteiger partial charge in [0.05, 0.1) is 12.0 Å². The predicted octanol–water partition coefficient (Wildman–Crippen LogP) is 0.167. The molecule has 0 radical (unpaired) electrons. The highest BCUT2D eigenvalue weighted by molar-refractivity contribution is 7.80. The normalized spacial score (nSPS) is 26.8. The van der Waals surface area contributed by atoms with Gasteiger partial charge in [-0.15, -0.1) is 0 Å². The van der Waals surface area contributed by atoms with Gasteiger partial charge < -0.3 is 10.1 Å². The number of carbonyl (C=O) groups excluding carboxylic acids is 1.